The van der Waals surface area contributed by atoms with E-state index in [-0.39, 0.29) is 22.4 Å². The summed E-state index contributed by atoms with van der Waals surface area (Å²) in [6.07, 6.45) is 1.90. The van der Waals surface area contributed by atoms with Crippen molar-refractivity contribution >= 4 is 38.9 Å². The van der Waals surface area contributed by atoms with Crippen molar-refractivity contribution < 1.29 is 18.0 Å². The molecular formula is C26H25N3O4S. The minimum atomic E-state index is -3.86. The van der Waals surface area contributed by atoms with Crippen LogP contribution in [-0.4, -0.2) is 32.8 Å². The van der Waals surface area contributed by atoms with Crippen LogP contribution < -0.4 is 14.5 Å². The number of fused-ring (bicyclic) bond motifs is 1. The SMILES string of the molecule is CC1Cc2ccccc2N1S(=O)(=O)c1cccc(C(=O)Nc2ccccc2N2CCCC2=O)c1. The third-order valence-corrected chi connectivity index (χ3v) is 8.24. The number of hydrogen-bond donors (Lipinski definition) is 1. The van der Waals surface area contributed by atoms with Crippen molar-refractivity contribution in [2.75, 3.05) is 21.1 Å². The van der Waals surface area contributed by atoms with Gasteiger partial charge in [-0.25, -0.2) is 8.42 Å². The highest BCUT2D eigenvalue weighted by atomic mass is 32.2. The highest BCUT2D eigenvalue weighted by Gasteiger charge is 2.36. The Morgan fingerprint density at radius 3 is 2.47 bits per heavy atom. The van der Waals surface area contributed by atoms with Gasteiger partial charge in [0.05, 0.1) is 22.0 Å². The third kappa shape index (κ3) is 3.84. The molecule has 1 atom stereocenters. The lowest BCUT2D eigenvalue weighted by atomic mass is 10.1. The molecule has 5 rings (SSSR count). The van der Waals surface area contributed by atoms with Gasteiger partial charge in [0.15, 0.2) is 0 Å². The Morgan fingerprint density at radius 2 is 1.71 bits per heavy atom. The first-order valence-corrected chi connectivity index (χ1v) is 12.7. The molecule has 7 nitrogen and oxygen atoms in total. The number of carbonyl (C=O) groups excluding carboxylic acids is 2. The molecule has 2 heterocycles. The van der Waals surface area contributed by atoms with Crippen LogP contribution in [0.1, 0.15) is 35.7 Å². The van der Waals surface area contributed by atoms with Gasteiger partial charge in [0.2, 0.25) is 5.91 Å². The maximum atomic E-state index is 13.6. The van der Waals surface area contributed by atoms with Crippen LogP contribution in [0.2, 0.25) is 0 Å². The predicted octanol–water partition coefficient (Wildman–Crippen LogP) is 4.21. The molecule has 2 aliphatic rings. The largest absolute Gasteiger partial charge is 0.320 e. The topological polar surface area (TPSA) is 86.8 Å². The van der Waals surface area contributed by atoms with Crippen LogP contribution >= 0.6 is 0 Å². The summed E-state index contributed by atoms with van der Waals surface area (Å²) >= 11 is 0. The number of para-hydroxylation sites is 3. The lowest BCUT2D eigenvalue weighted by Gasteiger charge is -2.24. The molecule has 0 bridgehead atoms. The van der Waals surface area contributed by atoms with E-state index in [0.717, 1.165) is 12.0 Å². The zero-order valence-corrected chi connectivity index (χ0v) is 19.6. The van der Waals surface area contributed by atoms with Crippen LogP contribution in [0.4, 0.5) is 17.1 Å². The van der Waals surface area contributed by atoms with E-state index >= 15 is 0 Å². The van der Waals surface area contributed by atoms with Gasteiger partial charge >= 0.3 is 0 Å². The standard InChI is InChI=1S/C26H25N3O4S/c1-18-16-19-8-2-4-12-23(19)29(18)34(32,33)21-10-6-9-20(17-21)26(31)27-22-11-3-5-13-24(22)28-15-7-14-25(28)30/h2-6,8-13,17-18H,7,14-16H2,1H3,(H,27,31). The van der Waals surface area contributed by atoms with Crippen molar-refractivity contribution in [1.29, 1.82) is 0 Å². The number of benzene rings is 3. The molecule has 2 amide bonds. The van der Waals surface area contributed by atoms with Crippen LogP contribution in [0.25, 0.3) is 0 Å². The van der Waals surface area contributed by atoms with Gasteiger partial charge < -0.3 is 10.2 Å². The van der Waals surface area contributed by atoms with Gasteiger partial charge in [-0.05, 0) is 61.7 Å². The summed E-state index contributed by atoms with van der Waals surface area (Å²) in [7, 11) is -3.86. The second-order valence-electron chi connectivity index (χ2n) is 8.63. The second-order valence-corrected chi connectivity index (χ2v) is 10.4. The molecule has 34 heavy (non-hydrogen) atoms. The van der Waals surface area contributed by atoms with E-state index < -0.39 is 15.9 Å². The number of sulfonamides is 1. The summed E-state index contributed by atoms with van der Waals surface area (Å²) in [6.45, 7) is 2.49. The fourth-order valence-electron chi connectivity index (χ4n) is 4.73. The van der Waals surface area contributed by atoms with Crippen molar-refractivity contribution in [2.24, 2.45) is 0 Å². The number of hydrogen-bond acceptors (Lipinski definition) is 4. The van der Waals surface area contributed by atoms with Gasteiger partial charge in [-0.15, -0.1) is 0 Å². The Bertz CT molecular complexity index is 1390. The van der Waals surface area contributed by atoms with E-state index in [4.69, 9.17) is 0 Å². The maximum Gasteiger partial charge on any atom is 0.264 e. The van der Waals surface area contributed by atoms with Crippen LogP contribution in [0.3, 0.4) is 0 Å². The first-order chi connectivity index (χ1) is 16.4. The van der Waals surface area contributed by atoms with E-state index in [0.29, 0.717) is 36.4 Å². The molecule has 174 valence electrons. The van der Waals surface area contributed by atoms with Crippen LogP contribution in [0.5, 0.6) is 0 Å². The molecular weight excluding hydrogens is 450 g/mol. The Morgan fingerprint density at radius 1 is 0.971 bits per heavy atom. The fraction of sp³-hybridized carbons (Fsp3) is 0.231. The molecule has 1 N–H and O–H groups in total. The first-order valence-electron chi connectivity index (χ1n) is 11.3. The van der Waals surface area contributed by atoms with Gasteiger partial charge in [0.25, 0.3) is 15.9 Å². The number of nitrogens with zero attached hydrogens (tertiary/aromatic N) is 2. The highest BCUT2D eigenvalue weighted by molar-refractivity contribution is 7.92. The zero-order chi connectivity index (χ0) is 23.9. The Balaban J connectivity index is 1.43. The Labute approximate surface area is 199 Å². The molecule has 0 radical (unpaired) electrons. The predicted molar refractivity (Wildman–Crippen MR) is 132 cm³/mol. The maximum absolute atomic E-state index is 13.6. The molecule has 0 aliphatic carbocycles. The number of anilines is 3. The molecule has 0 saturated carbocycles. The minimum absolute atomic E-state index is 0.0230. The van der Waals surface area contributed by atoms with Crippen molar-refractivity contribution in [1.82, 2.24) is 0 Å². The summed E-state index contributed by atoms with van der Waals surface area (Å²) in [5.74, 6) is -0.416. The summed E-state index contributed by atoms with van der Waals surface area (Å²) < 4.78 is 28.5. The van der Waals surface area contributed by atoms with Crippen LogP contribution in [-0.2, 0) is 21.2 Å². The average Bonchev–Trinajstić information content (AvgIpc) is 3.41. The zero-order valence-electron chi connectivity index (χ0n) is 18.8. The van der Waals surface area contributed by atoms with Crippen molar-refractivity contribution in [2.45, 2.75) is 37.1 Å². The quantitative estimate of drug-likeness (QED) is 0.599. The molecule has 1 unspecified atom stereocenters. The summed E-state index contributed by atoms with van der Waals surface area (Å²) in [5.41, 5.74) is 3.04. The van der Waals surface area contributed by atoms with Crippen LogP contribution in [0, 0.1) is 0 Å². The van der Waals surface area contributed by atoms with E-state index in [2.05, 4.69) is 5.32 Å². The number of rotatable bonds is 5. The number of nitrogens with one attached hydrogen (secondary N) is 1. The van der Waals surface area contributed by atoms with E-state index in [1.54, 1.807) is 35.2 Å². The van der Waals surface area contributed by atoms with Crippen molar-refractivity contribution in [3.63, 3.8) is 0 Å². The van der Waals surface area contributed by atoms with E-state index in [1.165, 1.54) is 16.4 Å². The van der Waals surface area contributed by atoms with Gasteiger partial charge in [0, 0.05) is 24.6 Å². The Kier molecular flexibility index (Phi) is 5.61. The smallest absolute Gasteiger partial charge is 0.264 e. The second kappa shape index (κ2) is 8.61. The molecule has 1 saturated heterocycles. The van der Waals surface area contributed by atoms with Crippen molar-refractivity contribution in [3.8, 4) is 0 Å². The van der Waals surface area contributed by atoms with Crippen molar-refractivity contribution in [3.05, 3.63) is 83.9 Å². The molecule has 3 aromatic rings. The number of carbonyl (C=O) groups is 2. The van der Waals surface area contributed by atoms with Gasteiger partial charge in [-0.2, -0.15) is 0 Å². The third-order valence-electron chi connectivity index (χ3n) is 6.31. The minimum Gasteiger partial charge on any atom is -0.320 e. The Hall–Kier alpha value is -3.65. The molecule has 3 aromatic carbocycles. The monoisotopic (exact) mass is 475 g/mol. The fourth-order valence-corrected chi connectivity index (χ4v) is 6.47. The van der Waals surface area contributed by atoms with E-state index in [1.807, 2.05) is 37.3 Å². The normalized spacial score (nSPS) is 17.7. The lowest BCUT2D eigenvalue weighted by molar-refractivity contribution is -0.117. The number of amides is 2. The van der Waals surface area contributed by atoms with Gasteiger partial charge in [-0.3, -0.25) is 13.9 Å². The van der Waals surface area contributed by atoms with Crippen LogP contribution in [0.15, 0.2) is 77.7 Å². The molecule has 2 aliphatic heterocycles. The summed E-state index contributed by atoms with van der Waals surface area (Å²) in [5, 5.41) is 2.86. The molecule has 1 fully saturated rings. The lowest BCUT2D eigenvalue weighted by Crippen LogP contribution is -2.35. The molecule has 0 aromatic heterocycles. The van der Waals surface area contributed by atoms with Gasteiger partial charge in [0.1, 0.15) is 0 Å². The highest BCUT2D eigenvalue weighted by Crippen LogP contribution is 2.36. The first kappa shape index (κ1) is 22.2. The summed E-state index contributed by atoms with van der Waals surface area (Å²) in [4.78, 5) is 27.1. The molecule has 8 heteroatoms. The van der Waals surface area contributed by atoms with Gasteiger partial charge in [-0.1, -0.05) is 36.4 Å². The summed E-state index contributed by atoms with van der Waals surface area (Å²) in [6, 6.07) is 20.5. The average molecular weight is 476 g/mol. The molecule has 0 spiro atoms. The van der Waals surface area contributed by atoms with E-state index in [9.17, 15) is 18.0 Å².